The number of imide groups is 2. The van der Waals surface area contributed by atoms with Crippen LogP contribution in [-0.4, -0.2) is 50.2 Å². The van der Waals surface area contributed by atoms with Gasteiger partial charge in [0.2, 0.25) is 0 Å². The fraction of sp³-hybridized carbons (Fsp3) is 0.318. The molecule has 1 fully saturated rings. The average Bonchev–Trinajstić information content (AvgIpc) is 2.96. The molecule has 1 unspecified atom stereocenters. The lowest BCUT2D eigenvalue weighted by Gasteiger charge is -2.28. The largest absolute Gasteiger partial charge is 0.493 e. The molecule has 1 N–H and O–H groups in total. The van der Waals surface area contributed by atoms with Crippen LogP contribution in [0.4, 0.5) is 10.5 Å². The van der Waals surface area contributed by atoms with Gasteiger partial charge < -0.3 is 14.4 Å². The number of nitrogens with zero attached hydrogens (tertiary/aromatic N) is 2. The van der Waals surface area contributed by atoms with Gasteiger partial charge in [-0.05, 0) is 36.8 Å². The van der Waals surface area contributed by atoms with Gasteiger partial charge in [-0.2, -0.15) is 0 Å². The minimum Gasteiger partial charge on any atom is -0.493 e. The maximum Gasteiger partial charge on any atom is 0.343 e. The van der Waals surface area contributed by atoms with Gasteiger partial charge in [0.05, 0.1) is 26.5 Å². The van der Waals surface area contributed by atoms with Gasteiger partial charge in [0.25, 0.3) is 0 Å². The second-order valence-corrected chi connectivity index (χ2v) is 7.55. The van der Waals surface area contributed by atoms with E-state index in [0.717, 1.165) is 44.4 Å². The smallest absolute Gasteiger partial charge is 0.343 e. The minimum absolute atomic E-state index is 0.138. The summed E-state index contributed by atoms with van der Waals surface area (Å²) in [5.41, 5.74) is 3.65. The molecule has 2 aliphatic rings. The van der Waals surface area contributed by atoms with E-state index in [4.69, 9.17) is 9.47 Å². The minimum atomic E-state index is -0.813. The van der Waals surface area contributed by atoms with Crippen LogP contribution in [0, 0.1) is 6.92 Å². The number of aryl methyl sites for hydroxylation is 1. The van der Waals surface area contributed by atoms with Crippen LogP contribution >= 0.6 is 0 Å². The number of carbonyl (C=O) groups is 3. The molecule has 0 saturated carbocycles. The summed E-state index contributed by atoms with van der Waals surface area (Å²) in [4.78, 5) is 40.9. The van der Waals surface area contributed by atoms with Crippen LogP contribution in [0.2, 0.25) is 0 Å². The third-order valence-electron chi connectivity index (χ3n) is 5.62. The van der Waals surface area contributed by atoms with E-state index in [1.54, 1.807) is 38.5 Å². The Morgan fingerprint density at radius 3 is 2.20 bits per heavy atom. The molecule has 2 heterocycles. The zero-order chi connectivity index (χ0) is 21.4. The van der Waals surface area contributed by atoms with Crippen molar-refractivity contribution in [1.29, 1.82) is 0 Å². The number of urea groups is 1. The van der Waals surface area contributed by atoms with E-state index in [9.17, 15) is 14.4 Å². The lowest BCUT2D eigenvalue weighted by molar-refractivity contribution is -0.922. The summed E-state index contributed by atoms with van der Waals surface area (Å²) in [6, 6.07) is 10.3. The maximum absolute atomic E-state index is 12.9. The van der Waals surface area contributed by atoms with E-state index < -0.39 is 17.8 Å². The first-order chi connectivity index (χ1) is 14.4. The Balaban J connectivity index is 1.52. The lowest BCUT2D eigenvalue weighted by Crippen LogP contribution is -3.13. The van der Waals surface area contributed by atoms with Gasteiger partial charge in [-0.25, -0.2) is 14.6 Å². The van der Waals surface area contributed by atoms with Gasteiger partial charge in [-0.3, -0.25) is 9.59 Å². The Morgan fingerprint density at radius 2 is 1.57 bits per heavy atom. The highest BCUT2D eigenvalue weighted by Crippen LogP contribution is 2.31. The molecule has 0 radical (unpaired) electrons. The van der Waals surface area contributed by atoms with Crippen LogP contribution in [0.3, 0.4) is 0 Å². The number of nitrogens with one attached hydrogen (secondary N) is 1. The average molecular weight is 410 g/mol. The van der Waals surface area contributed by atoms with Crippen molar-refractivity contribution in [1.82, 2.24) is 4.90 Å². The highest BCUT2D eigenvalue weighted by Gasteiger charge is 2.47. The highest BCUT2D eigenvalue weighted by molar-refractivity contribution is 6.52. The Bertz CT molecular complexity index is 1020. The Hall–Kier alpha value is -3.39. The molecule has 2 aromatic rings. The first-order valence-corrected chi connectivity index (χ1v) is 9.77. The van der Waals surface area contributed by atoms with Crippen molar-refractivity contribution in [3.05, 3.63) is 53.1 Å². The van der Waals surface area contributed by atoms with Crippen molar-refractivity contribution in [3.63, 3.8) is 0 Å². The summed E-state index contributed by atoms with van der Waals surface area (Å²) in [6.45, 7) is 3.40. The molecule has 1 saturated heterocycles. The van der Waals surface area contributed by atoms with Crippen LogP contribution in [0.1, 0.15) is 16.7 Å². The van der Waals surface area contributed by atoms with E-state index >= 15 is 0 Å². The van der Waals surface area contributed by atoms with E-state index in [1.165, 1.54) is 0 Å². The van der Waals surface area contributed by atoms with E-state index in [2.05, 4.69) is 0 Å². The fourth-order valence-corrected chi connectivity index (χ4v) is 3.95. The van der Waals surface area contributed by atoms with Gasteiger partial charge in [-0.1, -0.05) is 17.7 Å². The third-order valence-corrected chi connectivity index (χ3v) is 5.62. The Labute approximate surface area is 174 Å². The van der Waals surface area contributed by atoms with Gasteiger partial charge >= 0.3 is 17.8 Å². The predicted molar refractivity (Wildman–Crippen MR) is 109 cm³/mol. The standard InChI is InChI=1S/C22H23N3O5/c1-14-4-6-17(7-5-14)25-21(27)20(26)24(22(25)28)13-23-9-8-15-10-18(29-2)19(30-3)11-16(15)12-23/h4-7,10-11H,8-9,12-13H2,1-3H3/p+1. The third kappa shape index (κ3) is 3.39. The molecule has 8 nitrogen and oxygen atoms in total. The van der Waals surface area contributed by atoms with Gasteiger partial charge in [0.1, 0.15) is 6.54 Å². The molecular formula is C22H24N3O5+. The number of rotatable bonds is 5. The van der Waals surface area contributed by atoms with E-state index in [-0.39, 0.29) is 6.67 Å². The topological polar surface area (TPSA) is 80.6 Å². The van der Waals surface area contributed by atoms with Gasteiger partial charge in [0.15, 0.2) is 18.2 Å². The summed E-state index contributed by atoms with van der Waals surface area (Å²) in [5.74, 6) is -0.270. The van der Waals surface area contributed by atoms with Crippen molar-refractivity contribution in [2.75, 3.05) is 32.3 Å². The van der Waals surface area contributed by atoms with Gasteiger partial charge in [-0.15, -0.1) is 0 Å². The SMILES string of the molecule is COc1cc2c(cc1OC)C[NH+](CN1C(=O)C(=O)N(c3ccc(C)cc3)C1=O)CC2. The molecule has 1 atom stereocenters. The molecule has 2 aromatic carbocycles. The fourth-order valence-electron chi connectivity index (χ4n) is 3.95. The van der Waals surface area contributed by atoms with Crippen molar-refractivity contribution >= 4 is 23.5 Å². The summed E-state index contributed by atoms with van der Waals surface area (Å²) in [7, 11) is 3.19. The van der Waals surface area contributed by atoms with Crippen molar-refractivity contribution in [3.8, 4) is 11.5 Å². The molecule has 8 heteroatoms. The molecule has 0 bridgehead atoms. The normalized spacial score (nSPS) is 18.6. The molecule has 2 aliphatic heterocycles. The first kappa shape index (κ1) is 19.9. The number of hydrogen-bond acceptors (Lipinski definition) is 5. The zero-order valence-electron chi connectivity index (χ0n) is 17.2. The predicted octanol–water partition coefficient (Wildman–Crippen LogP) is 0.906. The van der Waals surface area contributed by atoms with Crippen molar-refractivity contribution in [2.45, 2.75) is 19.9 Å². The molecule has 0 spiro atoms. The van der Waals surface area contributed by atoms with Crippen LogP contribution in [-0.2, 0) is 22.6 Å². The van der Waals surface area contributed by atoms with Crippen molar-refractivity contribution in [2.24, 2.45) is 0 Å². The number of benzene rings is 2. The number of hydrogen-bond donors (Lipinski definition) is 1. The van der Waals surface area contributed by atoms with E-state index in [1.807, 2.05) is 19.1 Å². The van der Waals surface area contributed by atoms with Crippen LogP contribution in [0.15, 0.2) is 36.4 Å². The molecule has 156 valence electrons. The second-order valence-electron chi connectivity index (χ2n) is 7.55. The lowest BCUT2D eigenvalue weighted by atomic mass is 9.99. The highest BCUT2D eigenvalue weighted by atomic mass is 16.5. The monoisotopic (exact) mass is 410 g/mol. The second kappa shape index (κ2) is 7.79. The van der Waals surface area contributed by atoms with E-state index in [0.29, 0.717) is 23.7 Å². The summed E-state index contributed by atoms with van der Waals surface area (Å²) < 4.78 is 10.8. The molecule has 4 amide bonds. The number of ether oxygens (including phenoxy) is 2. The number of amides is 4. The Morgan fingerprint density at radius 1 is 0.933 bits per heavy atom. The molecule has 30 heavy (non-hydrogen) atoms. The first-order valence-electron chi connectivity index (χ1n) is 9.77. The quantitative estimate of drug-likeness (QED) is 0.585. The van der Waals surface area contributed by atoms with Crippen LogP contribution < -0.4 is 19.3 Å². The summed E-state index contributed by atoms with van der Waals surface area (Å²) >= 11 is 0. The maximum atomic E-state index is 12.9. The number of carbonyl (C=O) groups excluding carboxylic acids is 3. The zero-order valence-corrected chi connectivity index (χ0v) is 17.2. The molecule has 0 aromatic heterocycles. The van der Waals surface area contributed by atoms with Crippen LogP contribution in [0.5, 0.6) is 11.5 Å². The molecule has 0 aliphatic carbocycles. The molecular weight excluding hydrogens is 386 g/mol. The number of methoxy groups -OCH3 is 2. The number of anilines is 1. The van der Waals surface area contributed by atoms with Crippen LogP contribution in [0.25, 0.3) is 0 Å². The number of quaternary nitrogens is 1. The number of fused-ring (bicyclic) bond motifs is 1. The Kier molecular flexibility index (Phi) is 5.17. The van der Waals surface area contributed by atoms with Gasteiger partial charge in [0, 0.05) is 12.0 Å². The summed E-state index contributed by atoms with van der Waals surface area (Å²) in [6.07, 6.45) is 0.775. The molecule has 4 rings (SSSR count). The summed E-state index contributed by atoms with van der Waals surface area (Å²) in [5, 5.41) is 0. The van der Waals surface area contributed by atoms with Crippen molar-refractivity contribution < 1.29 is 28.8 Å².